The minimum Gasteiger partial charge on any atom is -0.369 e. The van der Waals surface area contributed by atoms with E-state index in [0.29, 0.717) is 13.1 Å². The first-order chi connectivity index (χ1) is 12.5. The number of rotatable bonds is 7. The monoisotopic (exact) mass is 380 g/mol. The molecule has 0 aromatic heterocycles. The Morgan fingerprint density at radius 3 is 2.23 bits per heavy atom. The van der Waals surface area contributed by atoms with Crippen LogP contribution in [0.15, 0.2) is 30.3 Å². The average molecular weight is 381 g/mol. The normalized spacial score (nSPS) is 21.7. The van der Waals surface area contributed by atoms with Crippen LogP contribution in [0.1, 0.15) is 39.0 Å². The minimum atomic E-state index is -3.40. The van der Waals surface area contributed by atoms with Crippen molar-refractivity contribution >= 4 is 15.9 Å². The van der Waals surface area contributed by atoms with E-state index >= 15 is 0 Å². The lowest BCUT2D eigenvalue weighted by atomic mass is 9.80. The van der Waals surface area contributed by atoms with Gasteiger partial charge in [0.15, 0.2) is 0 Å². The molecule has 1 saturated heterocycles. The lowest BCUT2D eigenvalue weighted by Crippen LogP contribution is -2.62. The van der Waals surface area contributed by atoms with Crippen molar-refractivity contribution in [2.75, 3.05) is 44.2 Å². The summed E-state index contributed by atoms with van der Waals surface area (Å²) in [5, 5.41) is 0. The zero-order chi connectivity index (χ0) is 18.5. The third-order valence-electron chi connectivity index (χ3n) is 5.78. The van der Waals surface area contributed by atoms with Gasteiger partial charge in [-0.05, 0) is 25.0 Å². The van der Waals surface area contributed by atoms with Gasteiger partial charge < -0.3 is 4.90 Å². The van der Waals surface area contributed by atoms with Gasteiger partial charge in [0.05, 0.1) is 0 Å². The Morgan fingerprint density at radius 1 is 0.962 bits per heavy atom. The Balaban J connectivity index is 1.65. The molecule has 1 aliphatic carbocycles. The van der Waals surface area contributed by atoms with E-state index in [4.69, 9.17) is 0 Å². The molecule has 0 atom stereocenters. The lowest BCUT2D eigenvalue weighted by Gasteiger charge is -2.50. The molecule has 1 saturated carbocycles. The molecule has 3 rings (SSSR count). The molecule has 0 radical (unpaired) electrons. The number of piperazine rings is 1. The van der Waals surface area contributed by atoms with Gasteiger partial charge in [0.25, 0.3) is 10.2 Å². The first kappa shape index (κ1) is 19.6. The molecule has 6 nitrogen and oxygen atoms in total. The third kappa shape index (κ3) is 4.76. The fourth-order valence-corrected chi connectivity index (χ4v) is 5.30. The summed E-state index contributed by atoms with van der Waals surface area (Å²) >= 11 is 0. The SMILES string of the molecule is CCNS(=O)(=O)NCC1(N2CCN(c3ccccc3)CC2)CCCCC1. The van der Waals surface area contributed by atoms with Crippen LogP contribution in [-0.2, 0) is 10.2 Å². The maximum atomic E-state index is 12.1. The second kappa shape index (κ2) is 8.69. The van der Waals surface area contributed by atoms with Crippen molar-refractivity contribution in [1.29, 1.82) is 0 Å². The smallest absolute Gasteiger partial charge is 0.276 e. The highest BCUT2D eigenvalue weighted by Gasteiger charge is 2.40. The fraction of sp³-hybridized carbons (Fsp3) is 0.684. The Kier molecular flexibility index (Phi) is 6.55. The molecule has 26 heavy (non-hydrogen) atoms. The number of nitrogens with zero attached hydrogens (tertiary/aromatic N) is 2. The summed E-state index contributed by atoms with van der Waals surface area (Å²) < 4.78 is 29.5. The van der Waals surface area contributed by atoms with Crippen molar-refractivity contribution in [1.82, 2.24) is 14.3 Å². The van der Waals surface area contributed by atoms with Gasteiger partial charge in [-0.1, -0.05) is 44.4 Å². The molecule has 1 aromatic rings. The van der Waals surface area contributed by atoms with Gasteiger partial charge in [0, 0.05) is 50.5 Å². The largest absolute Gasteiger partial charge is 0.369 e. The maximum absolute atomic E-state index is 12.1. The summed E-state index contributed by atoms with van der Waals surface area (Å²) in [5.41, 5.74) is 1.24. The van der Waals surface area contributed by atoms with Crippen LogP contribution < -0.4 is 14.3 Å². The van der Waals surface area contributed by atoms with Crippen LogP contribution in [0.25, 0.3) is 0 Å². The molecule has 1 heterocycles. The van der Waals surface area contributed by atoms with Crippen LogP contribution in [0.3, 0.4) is 0 Å². The predicted octanol–water partition coefficient (Wildman–Crippen LogP) is 1.96. The van der Waals surface area contributed by atoms with E-state index < -0.39 is 10.2 Å². The van der Waals surface area contributed by atoms with Gasteiger partial charge >= 0.3 is 0 Å². The molecule has 1 aliphatic heterocycles. The summed E-state index contributed by atoms with van der Waals surface area (Å²) in [6, 6.07) is 10.5. The first-order valence-electron chi connectivity index (χ1n) is 9.84. The van der Waals surface area contributed by atoms with Gasteiger partial charge in [-0.15, -0.1) is 0 Å². The van der Waals surface area contributed by atoms with Crippen LogP contribution >= 0.6 is 0 Å². The fourth-order valence-electron chi connectivity index (χ4n) is 4.36. The number of hydrogen-bond donors (Lipinski definition) is 2. The molecule has 0 unspecified atom stereocenters. The molecule has 7 heteroatoms. The van der Waals surface area contributed by atoms with Gasteiger partial charge in [-0.25, -0.2) is 9.44 Å². The average Bonchev–Trinajstić information content (AvgIpc) is 2.68. The molecule has 2 N–H and O–H groups in total. The van der Waals surface area contributed by atoms with Crippen LogP contribution in [-0.4, -0.2) is 58.1 Å². The Hall–Kier alpha value is -1.15. The van der Waals surface area contributed by atoms with Crippen molar-refractivity contribution in [2.24, 2.45) is 0 Å². The zero-order valence-electron chi connectivity index (χ0n) is 15.8. The van der Waals surface area contributed by atoms with E-state index in [1.165, 1.54) is 24.9 Å². The molecule has 0 spiro atoms. The van der Waals surface area contributed by atoms with E-state index in [1.54, 1.807) is 6.92 Å². The van der Waals surface area contributed by atoms with Gasteiger partial charge in [0.2, 0.25) is 0 Å². The molecule has 0 bridgehead atoms. The van der Waals surface area contributed by atoms with Crippen molar-refractivity contribution in [3.05, 3.63) is 30.3 Å². The quantitative estimate of drug-likeness (QED) is 0.759. The second-order valence-corrected chi connectivity index (χ2v) is 9.00. The van der Waals surface area contributed by atoms with E-state index in [1.807, 2.05) is 6.07 Å². The number of anilines is 1. The van der Waals surface area contributed by atoms with E-state index in [9.17, 15) is 8.42 Å². The highest BCUT2D eigenvalue weighted by atomic mass is 32.2. The summed E-state index contributed by atoms with van der Waals surface area (Å²) in [4.78, 5) is 4.97. The van der Waals surface area contributed by atoms with Gasteiger partial charge in [0.1, 0.15) is 0 Å². The van der Waals surface area contributed by atoms with Crippen LogP contribution in [0.2, 0.25) is 0 Å². The summed E-state index contributed by atoms with van der Waals surface area (Å²) in [6.07, 6.45) is 5.77. The maximum Gasteiger partial charge on any atom is 0.276 e. The Bertz CT molecular complexity index is 651. The second-order valence-electron chi connectivity index (χ2n) is 7.42. The van der Waals surface area contributed by atoms with E-state index in [2.05, 4.69) is 43.5 Å². The van der Waals surface area contributed by atoms with Crippen LogP contribution in [0.5, 0.6) is 0 Å². The van der Waals surface area contributed by atoms with E-state index in [-0.39, 0.29) is 5.54 Å². The highest BCUT2D eigenvalue weighted by molar-refractivity contribution is 7.87. The van der Waals surface area contributed by atoms with Crippen molar-refractivity contribution in [3.63, 3.8) is 0 Å². The third-order valence-corrected chi connectivity index (χ3v) is 6.97. The van der Waals surface area contributed by atoms with Crippen LogP contribution in [0, 0.1) is 0 Å². The number of benzene rings is 1. The molecule has 0 amide bonds. The Labute approximate surface area is 158 Å². The summed E-state index contributed by atoms with van der Waals surface area (Å²) in [6.45, 7) is 6.68. The molecular formula is C19H32N4O2S. The number of nitrogens with one attached hydrogen (secondary N) is 2. The first-order valence-corrected chi connectivity index (χ1v) is 11.3. The van der Waals surface area contributed by atoms with E-state index in [0.717, 1.165) is 39.0 Å². The standard InChI is InChI=1S/C19H32N4O2S/c1-2-20-26(24,25)21-17-19(11-7-4-8-12-19)23-15-13-22(14-16-23)18-9-5-3-6-10-18/h3,5-6,9-10,20-21H,2,4,7-8,11-17H2,1H3. The highest BCUT2D eigenvalue weighted by Crippen LogP contribution is 2.34. The molecule has 2 aliphatic rings. The zero-order valence-corrected chi connectivity index (χ0v) is 16.6. The number of hydrogen-bond acceptors (Lipinski definition) is 4. The van der Waals surface area contributed by atoms with Gasteiger partial charge in [-0.2, -0.15) is 8.42 Å². The minimum absolute atomic E-state index is 0.0382. The van der Waals surface area contributed by atoms with Crippen molar-refractivity contribution < 1.29 is 8.42 Å². The molecule has 2 fully saturated rings. The Morgan fingerprint density at radius 2 is 1.62 bits per heavy atom. The topological polar surface area (TPSA) is 64.7 Å². The molecule has 146 valence electrons. The van der Waals surface area contributed by atoms with Crippen molar-refractivity contribution in [3.8, 4) is 0 Å². The lowest BCUT2D eigenvalue weighted by molar-refractivity contribution is 0.0487. The predicted molar refractivity (Wildman–Crippen MR) is 107 cm³/mol. The van der Waals surface area contributed by atoms with Crippen molar-refractivity contribution in [2.45, 2.75) is 44.6 Å². The number of para-hydroxylation sites is 1. The summed E-state index contributed by atoms with van der Waals surface area (Å²) in [7, 11) is -3.40. The van der Waals surface area contributed by atoms with Crippen LogP contribution in [0.4, 0.5) is 5.69 Å². The van der Waals surface area contributed by atoms with Gasteiger partial charge in [-0.3, -0.25) is 4.90 Å². The molecule has 1 aromatic carbocycles. The summed E-state index contributed by atoms with van der Waals surface area (Å²) in [5.74, 6) is 0. The molecular weight excluding hydrogens is 348 g/mol.